The predicted molar refractivity (Wildman–Crippen MR) is 111 cm³/mol. The number of likely N-dealkylation sites (tertiary alicyclic amines) is 1. The van der Waals surface area contributed by atoms with E-state index in [2.05, 4.69) is 10.1 Å². The molecule has 1 aromatic heterocycles. The van der Waals surface area contributed by atoms with Gasteiger partial charge in [-0.2, -0.15) is 0 Å². The van der Waals surface area contributed by atoms with Gasteiger partial charge in [0.25, 0.3) is 5.91 Å². The van der Waals surface area contributed by atoms with Crippen molar-refractivity contribution in [1.82, 2.24) is 4.90 Å². The fourth-order valence-corrected chi connectivity index (χ4v) is 4.06. The maximum absolute atomic E-state index is 13.9. The molecule has 2 N–H and O–H groups in total. The van der Waals surface area contributed by atoms with Gasteiger partial charge in [-0.15, -0.1) is 11.3 Å². The highest BCUT2D eigenvalue weighted by Crippen LogP contribution is 2.24. The largest absolute Gasteiger partial charge is 0.465 e. The van der Waals surface area contributed by atoms with Crippen LogP contribution in [-0.4, -0.2) is 66.2 Å². The van der Waals surface area contributed by atoms with Crippen molar-refractivity contribution in [1.29, 1.82) is 0 Å². The molecule has 9 nitrogen and oxygen atoms in total. The number of nitrogens with one attached hydrogen (secondary N) is 1. The summed E-state index contributed by atoms with van der Waals surface area (Å²) in [5, 5.41) is 14.0. The van der Waals surface area contributed by atoms with Crippen molar-refractivity contribution in [3.05, 3.63) is 52.0 Å². The second-order valence-electron chi connectivity index (χ2n) is 7.03. The van der Waals surface area contributed by atoms with Crippen molar-refractivity contribution in [3.63, 3.8) is 0 Å². The fraction of sp³-hybridized carbons (Fsp3) is 0.333. The van der Waals surface area contributed by atoms with Crippen molar-refractivity contribution >= 4 is 40.8 Å². The normalized spacial score (nSPS) is 17.7. The number of aliphatic hydroxyl groups is 1. The van der Waals surface area contributed by atoms with Gasteiger partial charge < -0.3 is 24.8 Å². The van der Waals surface area contributed by atoms with Crippen LogP contribution >= 0.6 is 11.3 Å². The van der Waals surface area contributed by atoms with Gasteiger partial charge in [0, 0.05) is 13.0 Å². The van der Waals surface area contributed by atoms with E-state index in [0.717, 1.165) is 16.2 Å². The van der Waals surface area contributed by atoms with Crippen molar-refractivity contribution in [2.75, 3.05) is 25.6 Å². The Morgan fingerprint density at radius 1 is 1.25 bits per heavy atom. The van der Waals surface area contributed by atoms with Crippen LogP contribution in [0.3, 0.4) is 0 Å². The number of β-amino-alcohol motifs (C(OH)–C–C–N with tert-alkyl or cyclic N) is 1. The Kier molecular flexibility index (Phi) is 7.54. The monoisotopic (exact) mass is 464 g/mol. The van der Waals surface area contributed by atoms with Crippen LogP contribution in [0.4, 0.5) is 10.1 Å². The highest BCUT2D eigenvalue weighted by atomic mass is 32.1. The first-order chi connectivity index (χ1) is 15.3. The van der Waals surface area contributed by atoms with Crippen LogP contribution in [0.25, 0.3) is 0 Å². The summed E-state index contributed by atoms with van der Waals surface area (Å²) in [6.45, 7) is -0.756. The van der Waals surface area contributed by atoms with Gasteiger partial charge in [0.1, 0.15) is 16.7 Å². The Labute approximate surface area is 186 Å². The quantitative estimate of drug-likeness (QED) is 0.594. The highest BCUT2D eigenvalue weighted by Gasteiger charge is 2.40. The van der Waals surface area contributed by atoms with E-state index in [0.29, 0.717) is 0 Å². The molecule has 0 spiro atoms. The number of halogens is 1. The molecule has 1 saturated heterocycles. The molecule has 3 rings (SSSR count). The van der Waals surface area contributed by atoms with Gasteiger partial charge in [-0.25, -0.2) is 14.0 Å². The Morgan fingerprint density at radius 2 is 2.00 bits per heavy atom. The molecule has 1 fully saturated rings. The maximum atomic E-state index is 13.9. The summed E-state index contributed by atoms with van der Waals surface area (Å²) in [7, 11) is 1.21. The zero-order valence-corrected chi connectivity index (χ0v) is 17.9. The topological polar surface area (TPSA) is 122 Å². The van der Waals surface area contributed by atoms with E-state index >= 15 is 0 Å². The van der Waals surface area contributed by atoms with Gasteiger partial charge in [0.2, 0.25) is 5.91 Å². The lowest BCUT2D eigenvalue weighted by molar-refractivity contribution is -0.155. The summed E-state index contributed by atoms with van der Waals surface area (Å²) in [6.07, 6.45) is -1.28. The Bertz CT molecular complexity index is 1030. The molecule has 170 valence electrons. The van der Waals surface area contributed by atoms with E-state index in [1.54, 1.807) is 11.4 Å². The molecule has 0 bridgehead atoms. The number of carbonyl (C=O) groups is 4. The Hall–Kier alpha value is -3.31. The number of carbonyl (C=O) groups excluding carboxylic acids is 4. The van der Waals surface area contributed by atoms with Crippen molar-refractivity contribution < 1.29 is 38.1 Å². The minimum atomic E-state index is -1.09. The molecular formula is C21H21FN2O7S. The van der Waals surface area contributed by atoms with Crippen molar-refractivity contribution in [3.8, 4) is 0 Å². The third-order valence-electron chi connectivity index (χ3n) is 4.83. The second-order valence-corrected chi connectivity index (χ2v) is 7.95. The summed E-state index contributed by atoms with van der Waals surface area (Å²) in [5.41, 5.74) is 0.392. The molecule has 0 saturated carbocycles. The second kappa shape index (κ2) is 10.3. The summed E-state index contributed by atoms with van der Waals surface area (Å²) >= 11 is 1.08. The highest BCUT2D eigenvalue weighted by molar-refractivity contribution is 7.12. The van der Waals surface area contributed by atoms with Crippen LogP contribution < -0.4 is 5.32 Å². The number of rotatable bonds is 7. The fourth-order valence-electron chi connectivity index (χ4n) is 3.30. The zero-order valence-electron chi connectivity index (χ0n) is 17.1. The van der Waals surface area contributed by atoms with Crippen LogP contribution in [0.1, 0.15) is 21.7 Å². The molecule has 11 heteroatoms. The summed E-state index contributed by atoms with van der Waals surface area (Å²) in [5.74, 6) is -3.26. The minimum Gasteiger partial charge on any atom is -0.465 e. The molecule has 1 aromatic carbocycles. The molecule has 1 aliphatic rings. The molecule has 2 heterocycles. The molecule has 2 amide bonds. The van der Waals surface area contributed by atoms with Crippen molar-refractivity contribution in [2.45, 2.75) is 25.0 Å². The smallest absolute Gasteiger partial charge is 0.350 e. The number of benzene rings is 1. The van der Waals surface area contributed by atoms with E-state index in [-0.39, 0.29) is 35.5 Å². The molecule has 0 radical (unpaired) electrons. The van der Waals surface area contributed by atoms with Crippen LogP contribution in [-0.2, 0) is 30.3 Å². The Morgan fingerprint density at radius 3 is 2.72 bits per heavy atom. The van der Waals surface area contributed by atoms with Gasteiger partial charge in [-0.1, -0.05) is 18.2 Å². The van der Waals surface area contributed by atoms with E-state index in [1.165, 1.54) is 31.4 Å². The first kappa shape index (κ1) is 23.4. The molecular weight excluding hydrogens is 443 g/mol. The molecule has 1 aliphatic heterocycles. The van der Waals surface area contributed by atoms with Gasteiger partial charge in [0.15, 0.2) is 6.61 Å². The lowest BCUT2D eigenvalue weighted by Crippen LogP contribution is -2.43. The summed E-state index contributed by atoms with van der Waals surface area (Å²) in [6, 6.07) is 6.19. The first-order valence-corrected chi connectivity index (χ1v) is 10.5. The Balaban J connectivity index is 1.58. The van der Waals surface area contributed by atoms with Crippen LogP contribution in [0.15, 0.2) is 35.7 Å². The van der Waals surface area contributed by atoms with Crippen LogP contribution in [0.5, 0.6) is 0 Å². The van der Waals surface area contributed by atoms with Gasteiger partial charge in [0.05, 0.1) is 25.3 Å². The van der Waals surface area contributed by atoms with E-state index < -0.39 is 48.3 Å². The van der Waals surface area contributed by atoms with Crippen LogP contribution in [0.2, 0.25) is 0 Å². The van der Waals surface area contributed by atoms with E-state index in [9.17, 15) is 28.7 Å². The lowest BCUT2D eigenvalue weighted by atomic mass is 10.1. The standard InChI is InChI=1S/C21H21FN2O7S/c1-30-21(29)19-15(6-7-32-19)23-17(26)11-31-20(28)16-9-13(25)10-24(16)18(27)8-12-4-2-3-5-14(12)22/h2-7,13,16,25H,8-11H2,1H3,(H,23,26). The minimum absolute atomic E-state index is 0.0551. The number of aliphatic hydroxyl groups excluding tert-OH is 1. The summed E-state index contributed by atoms with van der Waals surface area (Å²) in [4.78, 5) is 50.3. The first-order valence-electron chi connectivity index (χ1n) is 9.63. The van der Waals surface area contributed by atoms with E-state index in [4.69, 9.17) is 4.74 Å². The number of anilines is 1. The molecule has 32 heavy (non-hydrogen) atoms. The number of amides is 2. The maximum Gasteiger partial charge on any atom is 0.350 e. The van der Waals surface area contributed by atoms with E-state index in [1.807, 2.05) is 0 Å². The summed E-state index contributed by atoms with van der Waals surface area (Å²) < 4.78 is 23.5. The number of esters is 2. The number of ether oxygens (including phenoxy) is 2. The third-order valence-corrected chi connectivity index (χ3v) is 5.72. The van der Waals surface area contributed by atoms with Crippen LogP contribution in [0, 0.1) is 5.82 Å². The number of nitrogens with zero attached hydrogens (tertiary/aromatic N) is 1. The number of hydrogen-bond acceptors (Lipinski definition) is 8. The molecule has 2 atom stereocenters. The lowest BCUT2D eigenvalue weighted by Gasteiger charge is -2.23. The third kappa shape index (κ3) is 5.48. The number of methoxy groups -OCH3 is 1. The molecule has 0 aliphatic carbocycles. The zero-order chi connectivity index (χ0) is 23.3. The number of thiophene rings is 1. The molecule has 2 aromatic rings. The van der Waals surface area contributed by atoms with Gasteiger partial charge >= 0.3 is 11.9 Å². The molecule has 2 unspecified atom stereocenters. The number of hydrogen-bond donors (Lipinski definition) is 2. The van der Waals surface area contributed by atoms with Crippen molar-refractivity contribution in [2.24, 2.45) is 0 Å². The van der Waals surface area contributed by atoms with Gasteiger partial charge in [-0.05, 0) is 23.1 Å². The predicted octanol–water partition coefficient (Wildman–Crippen LogP) is 1.36. The average Bonchev–Trinajstić information content (AvgIpc) is 3.39. The van der Waals surface area contributed by atoms with Gasteiger partial charge in [-0.3, -0.25) is 9.59 Å². The SMILES string of the molecule is COC(=O)c1sccc1NC(=O)COC(=O)C1CC(O)CN1C(=O)Cc1ccccc1F. The average molecular weight is 464 g/mol.